The number of halogens is 2. The van der Waals surface area contributed by atoms with Crippen molar-refractivity contribution in [3.63, 3.8) is 0 Å². The number of primary sulfonamides is 1. The van der Waals surface area contributed by atoms with E-state index in [1.807, 2.05) is 0 Å². The van der Waals surface area contributed by atoms with Gasteiger partial charge in [-0.2, -0.15) is 9.36 Å². The minimum atomic E-state index is -3.84. The summed E-state index contributed by atoms with van der Waals surface area (Å²) in [5, 5.41) is 8.22. The van der Waals surface area contributed by atoms with Gasteiger partial charge in [0.05, 0.1) is 10.6 Å². The van der Waals surface area contributed by atoms with Crippen molar-refractivity contribution in [3.05, 3.63) is 120 Å². The molecule has 0 aliphatic rings. The molecule has 2 aromatic heterocycles. The number of hydrogen-bond acceptors (Lipinski definition) is 8. The number of aromatic nitrogens is 4. The summed E-state index contributed by atoms with van der Waals surface area (Å²) < 4.78 is 54.8. The molecule has 0 fully saturated rings. The van der Waals surface area contributed by atoms with Crippen molar-refractivity contribution in [1.82, 2.24) is 24.2 Å². The van der Waals surface area contributed by atoms with Crippen LogP contribution in [0.15, 0.2) is 96.3 Å². The molecule has 2 amide bonds. The van der Waals surface area contributed by atoms with Crippen LogP contribution in [-0.4, -0.2) is 51.8 Å². The van der Waals surface area contributed by atoms with Crippen molar-refractivity contribution in [2.24, 2.45) is 5.14 Å². The SMILES string of the molecule is NS(=O)(=O)c1ccc(-c2nsc(NC(=O)N(CCc3cnccn3)CCC(c3ccc(F)cc3)c3ccc(F)cc3)n2)cc1. The van der Waals surface area contributed by atoms with Crippen LogP contribution < -0.4 is 10.5 Å². The Labute approximate surface area is 256 Å². The monoisotopic (exact) mass is 635 g/mol. The lowest BCUT2D eigenvalue weighted by molar-refractivity contribution is 0.210. The van der Waals surface area contributed by atoms with Gasteiger partial charge in [0.1, 0.15) is 11.6 Å². The van der Waals surface area contributed by atoms with Crippen LogP contribution in [-0.2, 0) is 16.4 Å². The number of carbonyl (C=O) groups is 1. The summed E-state index contributed by atoms with van der Waals surface area (Å²) in [6, 6.07) is 17.6. The van der Waals surface area contributed by atoms with Crippen LogP contribution in [0.5, 0.6) is 0 Å². The van der Waals surface area contributed by atoms with E-state index < -0.39 is 16.1 Å². The first-order valence-corrected chi connectivity index (χ1v) is 15.8. The van der Waals surface area contributed by atoms with E-state index in [0.29, 0.717) is 43.0 Å². The van der Waals surface area contributed by atoms with Gasteiger partial charge in [-0.25, -0.2) is 27.1 Å². The highest BCUT2D eigenvalue weighted by Crippen LogP contribution is 2.29. The van der Waals surface area contributed by atoms with Gasteiger partial charge in [0.25, 0.3) is 0 Å². The molecule has 0 saturated carbocycles. The van der Waals surface area contributed by atoms with Crippen molar-refractivity contribution in [1.29, 1.82) is 0 Å². The Morgan fingerprint density at radius 1 is 0.909 bits per heavy atom. The van der Waals surface area contributed by atoms with Crippen LogP contribution in [0.2, 0.25) is 0 Å². The molecule has 3 N–H and O–H groups in total. The minimum absolute atomic E-state index is 0.0386. The van der Waals surface area contributed by atoms with E-state index in [4.69, 9.17) is 5.14 Å². The highest BCUT2D eigenvalue weighted by atomic mass is 32.2. The number of hydrogen-bond donors (Lipinski definition) is 2. The third-order valence-corrected chi connectivity index (χ3v) is 8.41. The number of nitrogens with one attached hydrogen (secondary N) is 1. The first-order chi connectivity index (χ1) is 21.2. The Bertz CT molecular complexity index is 1760. The summed E-state index contributed by atoms with van der Waals surface area (Å²) in [4.78, 5) is 27.9. The Hall–Kier alpha value is -4.66. The topological polar surface area (TPSA) is 144 Å². The van der Waals surface area contributed by atoms with Crippen molar-refractivity contribution >= 4 is 32.7 Å². The smallest absolute Gasteiger partial charge is 0.323 e. The van der Waals surface area contributed by atoms with E-state index in [1.54, 1.807) is 47.8 Å². The number of anilines is 1. The molecular formula is C30H27F2N7O3S2. The standard InChI is InChI=1S/C30H27F2N7O3S2/c31-23-7-1-20(2-8-23)27(21-3-9-24(32)10-4-21)14-18-39(17-13-25-19-34-15-16-35-25)30(40)37-29-36-28(38-43-29)22-5-11-26(12-6-22)44(33,41)42/h1-12,15-16,19,27H,13-14,17-18H2,(H2,33,41,42)(H,36,37,38,40). The van der Waals surface area contributed by atoms with Gasteiger partial charge >= 0.3 is 6.03 Å². The molecule has 0 atom stereocenters. The van der Waals surface area contributed by atoms with Crippen molar-refractivity contribution in [2.45, 2.75) is 23.7 Å². The Kier molecular flexibility index (Phi) is 9.62. The summed E-state index contributed by atoms with van der Waals surface area (Å²) in [6.45, 7) is 0.608. The molecule has 226 valence electrons. The number of sulfonamides is 1. The van der Waals surface area contributed by atoms with Gasteiger partial charge in [0, 0.05) is 61.1 Å². The van der Waals surface area contributed by atoms with Crippen molar-refractivity contribution < 1.29 is 22.0 Å². The molecule has 5 rings (SSSR count). The van der Waals surface area contributed by atoms with Gasteiger partial charge < -0.3 is 4.90 Å². The third-order valence-electron chi connectivity index (χ3n) is 6.86. The van der Waals surface area contributed by atoms with Crippen LogP contribution in [0.4, 0.5) is 18.7 Å². The molecule has 0 spiro atoms. The number of urea groups is 1. The van der Waals surface area contributed by atoms with Gasteiger partial charge in [-0.15, -0.1) is 0 Å². The molecule has 10 nitrogen and oxygen atoms in total. The molecule has 0 aliphatic carbocycles. The number of nitrogens with two attached hydrogens (primary N) is 1. The molecule has 0 unspecified atom stereocenters. The van der Waals surface area contributed by atoms with Crippen LogP contribution in [0.1, 0.15) is 29.2 Å². The molecule has 14 heteroatoms. The first kappa shape index (κ1) is 30.8. The zero-order chi connectivity index (χ0) is 31.1. The highest BCUT2D eigenvalue weighted by molar-refractivity contribution is 7.89. The lowest BCUT2D eigenvalue weighted by Crippen LogP contribution is -2.38. The van der Waals surface area contributed by atoms with Crippen LogP contribution >= 0.6 is 11.5 Å². The second-order valence-electron chi connectivity index (χ2n) is 9.80. The fourth-order valence-corrected chi connectivity index (χ4v) is 5.67. The van der Waals surface area contributed by atoms with E-state index in [2.05, 4.69) is 24.6 Å². The molecule has 2 heterocycles. The number of benzene rings is 3. The zero-order valence-corrected chi connectivity index (χ0v) is 24.8. The molecule has 0 radical (unpaired) electrons. The predicted molar refractivity (Wildman–Crippen MR) is 162 cm³/mol. The van der Waals surface area contributed by atoms with Gasteiger partial charge in [0.15, 0.2) is 5.82 Å². The Morgan fingerprint density at radius 2 is 1.55 bits per heavy atom. The van der Waals surface area contributed by atoms with Gasteiger partial charge in [-0.1, -0.05) is 24.3 Å². The molecule has 3 aromatic carbocycles. The fourth-order valence-electron chi connectivity index (χ4n) is 4.58. The number of amides is 2. The third kappa shape index (κ3) is 8.03. The number of carbonyl (C=O) groups excluding carboxylic acids is 1. The lowest BCUT2D eigenvalue weighted by Gasteiger charge is -2.26. The van der Waals surface area contributed by atoms with E-state index in [-0.39, 0.29) is 27.6 Å². The van der Waals surface area contributed by atoms with Crippen LogP contribution in [0, 0.1) is 11.6 Å². The average Bonchev–Trinajstić information content (AvgIpc) is 3.49. The van der Waals surface area contributed by atoms with E-state index in [1.165, 1.54) is 48.5 Å². The lowest BCUT2D eigenvalue weighted by atomic mass is 9.88. The maximum Gasteiger partial charge on any atom is 0.323 e. The zero-order valence-electron chi connectivity index (χ0n) is 23.2. The highest BCUT2D eigenvalue weighted by Gasteiger charge is 2.21. The number of rotatable bonds is 11. The summed E-state index contributed by atoms with van der Waals surface area (Å²) in [5.41, 5.74) is 2.92. The van der Waals surface area contributed by atoms with Crippen LogP contribution in [0.3, 0.4) is 0 Å². The number of nitrogens with zero attached hydrogens (tertiary/aromatic N) is 5. The second-order valence-corrected chi connectivity index (χ2v) is 12.1. The Balaban J connectivity index is 1.34. The summed E-state index contributed by atoms with van der Waals surface area (Å²) >= 11 is 0.979. The van der Waals surface area contributed by atoms with Crippen molar-refractivity contribution in [3.8, 4) is 11.4 Å². The largest absolute Gasteiger partial charge is 0.324 e. The minimum Gasteiger partial charge on any atom is -0.324 e. The maximum absolute atomic E-state index is 13.7. The predicted octanol–water partition coefficient (Wildman–Crippen LogP) is 5.22. The Morgan fingerprint density at radius 3 is 2.11 bits per heavy atom. The molecule has 0 saturated heterocycles. The van der Waals surface area contributed by atoms with Crippen molar-refractivity contribution in [2.75, 3.05) is 18.4 Å². The summed E-state index contributed by atoms with van der Waals surface area (Å²) in [6.07, 6.45) is 5.68. The average molecular weight is 636 g/mol. The quantitative estimate of drug-likeness (QED) is 0.203. The van der Waals surface area contributed by atoms with Gasteiger partial charge in [-0.3, -0.25) is 15.3 Å². The first-order valence-electron chi connectivity index (χ1n) is 13.4. The summed E-state index contributed by atoms with van der Waals surface area (Å²) in [7, 11) is -3.84. The molecule has 0 bridgehead atoms. The van der Waals surface area contributed by atoms with E-state index in [9.17, 15) is 22.0 Å². The fraction of sp³-hybridized carbons (Fsp3) is 0.167. The molecule has 0 aliphatic heterocycles. The molecule has 44 heavy (non-hydrogen) atoms. The normalized spacial score (nSPS) is 11.5. The molecular weight excluding hydrogens is 609 g/mol. The van der Waals surface area contributed by atoms with E-state index >= 15 is 0 Å². The van der Waals surface area contributed by atoms with Gasteiger partial charge in [0.2, 0.25) is 15.2 Å². The van der Waals surface area contributed by atoms with Crippen LogP contribution in [0.25, 0.3) is 11.4 Å². The maximum atomic E-state index is 13.7. The summed E-state index contributed by atoms with van der Waals surface area (Å²) in [5.74, 6) is -0.664. The van der Waals surface area contributed by atoms with E-state index in [0.717, 1.165) is 22.7 Å². The molecule has 5 aromatic rings. The van der Waals surface area contributed by atoms with Gasteiger partial charge in [-0.05, 0) is 66.1 Å². The second kappa shape index (κ2) is 13.8.